The van der Waals surface area contributed by atoms with E-state index in [9.17, 15) is 14.4 Å². The Morgan fingerprint density at radius 3 is 2.44 bits per heavy atom. The minimum Gasteiger partial charge on any atom is -0.353 e. The summed E-state index contributed by atoms with van der Waals surface area (Å²) in [5.74, 6) is 0.544. The predicted molar refractivity (Wildman–Crippen MR) is 103 cm³/mol. The summed E-state index contributed by atoms with van der Waals surface area (Å²) >= 11 is 0. The van der Waals surface area contributed by atoms with Gasteiger partial charge in [-0.1, -0.05) is 12.1 Å². The third-order valence-corrected chi connectivity index (χ3v) is 6.10. The highest BCUT2D eigenvalue weighted by molar-refractivity contribution is 5.98. The molecular weight excluding hydrogens is 340 g/mol. The molecular formula is C22H28N2O3. The van der Waals surface area contributed by atoms with E-state index in [0.717, 1.165) is 57.2 Å². The maximum absolute atomic E-state index is 12.4. The van der Waals surface area contributed by atoms with Gasteiger partial charge in [-0.25, -0.2) is 0 Å². The average Bonchev–Trinajstić information content (AvgIpc) is 3.43. The summed E-state index contributed by atoms with van der Waals surface area (Å²) in [5.41, 5.74) is 3.38. The van der Waals surface area contributed by atoms with Gasteiger partial charge >= 0.3 is 0 Å². The van der Waals surface area contributed by atoms with Crippen molar-refractivity contribution in [2.75, 3.05) is 13.1 Å². The Morgan fingerprint density at radius 1 is 0.963 bits per heavy atom. The number of aryl methyl sites for hydroxylation is 2. The van der Waals surface area contributed by atoms with Crippen LogP contribution >= 0.6 is 0 Å². The van der Waals surface area contributed by atoms with E-state index >= 15 is 0 Å². The van der Waals surface area contributed by atoms with Gasteiger partial charge in [0.1, 0.15) is 0 Å². The molecule has 3 aliphatic rings. The van der Waals surface area contributed by atoms with Gasteiger partial charge in [0.05, 0.1) is 0 Å². The molecule has 1 aliphatic heterocycles. The smallest absolute Gasteiger partial charge is 0.225 e. The van der Waals surface area contributed by atoms with Crippen LogP contribution in [0.15, 0.2) is 18.2 Å². The number of likely N-dealkylation sites (tertiary alicyclic amines) is 1. The number of hydrogen-bond donors (Lipinski definition) is 1. The Labute approximate surface area is 160 Å². The van der Waals surface area contributed by atoms with Crippen LogP contribution in [0.2, 0.25) is 0 Å². The number of benzene rings is 1. The first-order chi connectivity index (χ1) is 13.1. The number of amides is 2. The molecule has 0 spiro atoms. The van der Waals surface area contributed by atoms with E-state index in [1.165, 1.54) is 17.5 Å². The Bertz CT molecular complexity index is 746. The maximum atomic E-state index is 12.4. The Morgan fingerprint density at radius 2 is 1.70 bits per heavy atom. The number of Topliss-reactive ketones (excluding diaryl/α,β-unsaturated/α-hetero) is 1. The molecule has 4 rings (SSSR count). The maximum Gasteiger partial charge on any atom is 0.225 e. The molecule has 2 aliphatic carbocycles. The second kappa shape index (κ2) is 7.83. The lowest BCUT2D eigenvalue weighted by Crippen LogP contribution is -2.47. The predicted octanol–water partition coefficient (Wildman–Crippen LogP) is 2.66. The molecule has 0 atom stereocenters. The van der Waals surface area contributed by atoms with Crippen molar-refractivity contribution in [1.29, 1.82) is 0 Å². The van der Waals surface area contributed by atoms with Crippen LogP contribution in [-0.4, -0.2) is 41.6 Å². The number of piperidine rings is 1. The van der Waals surface area contributed by atoms with E-state index < -0.39 is 0 Å². The van der Waals surface area contributed by atoms with E-state index in [-0.39, 0.29) is 36.5 Å². The van der Waals surface area contributed by atoms with Gasteiger partial charge in [-0.2, -0.15) is 0 Å². The normalized spacial score (nSPS) is 19.6. The van der Waals surface area contributed by atoms with Crippen molar-refractivity contribution in [3.05, 3.63) is 34.9 Å². The highest BCUT2D eigenvalue weighted by Crippen LogP contribution is 2.32. The van der Waals surface area contributed by atoms with Gasteiger partial charge in [0, 0.05) is 43.5 Å². The largest absolute Gasteiger partial charge is 0.353 e. The first-order valence-corrected chi connectivity index (χ1v) is 10.3. The molecule has 5 heteroatoms. The fourth-order valence-electron chi connectivity index (χ4n) is 4.25. The van der Waals surface area contributed by atoms with Crippen molar-refractivity contribution in [1.82, 2.24) is 10.2 Å². The standard InChI is InChI=1S/C22H28N2O3/c25-20(18-7-4-15-2-1-3-17(15)14-18)8-9-21(26)23-19-10-12-24(13-11-19)22(27)16-5-6-16/h4,7,14,16,19H,1-3,5-6,8-13H2,(H,23,26). The monoisotopic (exact) mass is 368 g/mol. The van der Waals surface area contributed by atoms with Crippen LogP contribution < -0.4 is 5.32 Å². The fourth-order valence-corrected chi connectivity index (χ4v) is 4.25. The number of fused-ring (bicyclic) bond motifs is 1. The van der Waals surface area contributed by atoms with Crippen LogP contribution in [0.25, 0.3) is 0 Å². The second-order valence-electron chi connectivity index (χ2n) is 8.20. The summed E-state index contributed by atoms with van der Waals surface area (Å²) in [6.45, 7) is 1.46. The van der Waals surface area contributed by atoms with E-state index in [1.54, 1.807) is 0 Å². The average molecular weight is 368 g/mol. The molecule has 144 valence electrons. The van der Waals surface area contributed by atoms with E-state index in [0.29, 0.717) is 5.91 Å². The van der Waals surface area contributed by atoms with Crippen molar-refractivity contribution < 1.29 is 14.4 Å². The summed E-state index contributed by atoms with van der Waals surface area (Å²) in [7, 11) is 0. The van der Waals surface area contributed by atoms with Gasteiger partial charge in [0.15, 0.2) is 5.78 Å². The molecule has 1 saturated carbocycles. The Hall–Kier alpha value is -2.17. The molecule has 1 saturated heterocycles. The SMILES string of the molecule is O=C(CCC(=O)c1ccc2c(c1)CCC2)NC1CCN(C(=O)C2CC2)CC1. The topological polar surface area (TPSA) is 66.5 Å². The van der Waals surface area contributed by atoms with Gasteiger partial charge in [0.2, 0.25) is 11.8 Å². The highest BCUT2D eigenvalue weighted by Gasteiger charge is 2.35. The van der Waals surface area contributed by atoms with Crippen molar-refractivity contribution in [2.45, 2.75) is 63.8 Å². The van der Waals surface area contributed by atoms with Crippen molar-refractivity contribution in [3.63, 3.8) is 0 Å². The number of carbonyl (C=O) groups excluding carboxylic acids is 3. The molecule has 5 nitrogen and oxygen atoms in total. The molecule has 0 bridgehead atoms. The Kier molecular flexibility index (Phi) is 5.28. The molecule has 0 radical (unpaired) electrons. The number of carbonyl (C=O) groups is 3. The summed E-state index contributed by atoms with van der Waals surface area (Å²) < 4.78 is 0. The van der Waals surface area contributed by atoms with Crippen molar-refractivity contribution in [3.8, 4) is 0 Å². The molecule has 27 heavy (non-hydrogen) atoms. The van der Waals surface area contributed by atoms with Gasteiger partial charge in [-0.05, 0) is 62.1 Å². The molecule has 1 heterocycles. The lowest BCUT2D eigenvalue weighted by atomic mass is 10.0. The zero-order chi connectivity index (χ0) is 18.8. The fraction of sp³-hybridized carbons (Fsp3) is 0.591. The summed E-state index contributed by atoms with van der Waals surface area (Å²) in [4.78, 5) is 38.6. The van der Waals surface area contributed by atoms with Crippen LogP contribution in [0.5, 0.6) is 0 Å². The molecule has 0 aromatic heterocycles. The van der Waals surface area contributed by atoms with Gasteiger partial charge in [-0.15, -0.1) is 0 Å². The quantitative estimate of drug-likeness (QED) is 0.785. The molecule has 2 fully saturated rings. The zero-order valence-corrected chi connectivity index (χ0v) is 15.8. The number of nitrogens with one attached hydrogen (secondary N) is 1. The molecule has 2 amide bonds. The first-order valence-electron chi connectivity index (χ1n) is 10.3. The third kappa shape index (κ3) is 4.40. The van der Waals surface area contributed by atoms with E-state index in [2.05, 4.69) is 11.4 Å². The van der Waals surface area contributed by atoms with Gasteiger partial charge < -0.3 is 10.2 Å². The van der Waals surface area contributed by atoms with Gasteiger partial charge in [0.25, 0.3) is 0 Å². The van der Waals surface area contributed by atoms with Crippen LogP contribution in [0.4, 0.5) is 0 Å². The van der Waals surface area contributed by atoms with Gasteiger partial charge in [-0.3, -0.25) is 14.4 Å². The summed E-state index contributed by atoms with van der Waals surface area (Å²) in [6, 6.07) is 6.09. The van der Waals surface area contributed by atoms with Crippen molar-refractivity contribution in [2.24, 2.45) is 5.92 Å². The van der Waals surface area contributed by atoms with E-state index in [4.69, 9.17) is 0 Å². The van der Waals surface area contributed by atoms with Crippen LogP contribution in [0, 0.1) is 5.92 Å². The number of ketones is 1. The number of hydrogen-bond acceptors (Lipinski definition) is 3. The summed E-state index contributed by atoms with van der Waals surface area (Å²) in [5, 5.41) is 3.04. The molecule has 0 unspecified atom stereocenters. The molecule has 1 aromatic rings. The van der Waals surface area contributed by atoms with Crippen LogP contribution in [-0.2, 0) is 22.4 Å². The minimum atomic E-state index is -0.0588. The zero-order valence-electron chi connectivity index (χ0n) is 15.8. The summed E-state index contributed by atoms with van der Waals surface area (Å²) in [6.07, 6.45) is 7.50. The third-order valence-electron chi connectivity index (χ3n) is 6.10. The highest BCUT2D eigenvalue weighted by atomic mass is 16.2. The van der Waals surface area contributed by atoms with Crippen molar-refractivity contribution >= 4 is 17.6 Å². The molecule has 1 aromatic carbocycles. The lowest BCUT2D eigenvalue weighted by Gasteiger charge is -2.32. The lowest BCUT2D eigenvalue weighted by molar-refractivity contribution is -0.133. The first kappa shape index (κ1) is 18.2. The molecule has 1 N–H and O–H groups in total. The van der Waals surface area contributed by atoms with Crippen LogP contribution in [0.3, 0.4) is 0 Å². The van der Waals surface area contributed by atoms with E-state index in [1.807, 2.05) is 17.0 Å². The number of nitrogens with zero attached hydrogens (tertiary/aromatic N) is 1. The second-order valence-corrected chi connectivity index (χ2v) is 8.20. The number of rotatable bonds is 6. The van der Waals surface area contributed by atoms with Crippen LogP contribution in [0.1, 0.15) is 66.4 Å². The Balaban J connectivity index is 1.19. The minimum absolute atomic E-state index is 0.0460.